The molecule has 35 heavy (non-hydrogen) atoms. The van der Waals surface area contributed by atoms with Gasteiger partial charge in [0, 0.05) is 23.3 Å². The quantitative estimate of drug-likeness (QED) is 0.286. The fourth-order valence-corrected chi connectivity index (χ4v) is 4.47. The van der Waals surface area contributed by atoms with Crippen molar-refractivity contribution in [1.82, 2.24) is 19.7 Å². The lowest BCUT2D eigenvalue weighted by molar-refractivity contribution is 0.00778. The Bertz CT molecular complexity index is 1320. The molecule has 12 nitrogen and oxygen atoms in total. The van der Waals surface area contributed by atoms with Crippen molar-refractivity contribution in [3.05, 3.63) is 70.9 Å². The van der Waals surface area contributed by atoms with Crippen LogP contribution in [0.1, 0.15) is 28.0 Å². The third kappa shape index (κ3) is 6.01. The van der Waals surface area contributed by atoms with Crippen molar-refractivity contribution >= 4 is 33.5 Å². The number of nitrogens with two attached hydrogens (primary N) is 1. The zero-order chi connectivity index (χ0) is 25.2. The van der Waals surface area contributed by atoms with Crippen LogP contribution in [-0.2, 0) is 21.0 Å². The Morgan fingerprint density at radius 1 is 1.26 bits per heavy atom. The van der Waals surface area contributed by atoms with Gasteiger partial charge in [-0.2, -0.15) is 13.5 Å². The van der Waals surface area contributed by atoms with Crippen LogP contribution in [0.5, 0.6) is 0 Å². The smallest absolute Gasteiger partial charge is 0.333 e. The number of anilines is 1. The van der Waals surface area contributed by atoms with Crippen molar-refractivity contribution in [1.29, 1.82) is 0 Å². The van der Waals surface area contributed by atoms with Crippen LogP contribution in [0.25, 0.3) is 0 Å². The van der Waals surface area contributed by atoms with Gasteiger partial charge in [0.15, 0.2) is 0 Å². The number of halogens is 1. The molecule has 4 rings (SSSR count). The van der Waals surface area contributed by atoms with Crippen molar-refractivity contribution in [2.45, 2.75) is 31.2 Å². The fraction of sp³-hybridized carbons (Fsp3) is 0.333. The lowest BCUT2D eigenvalue weighted by Gasteiger charge is -2.19. The number of ketones is 1. The van der Waals surface area contributed by atoms with E-state index in [1.807, 2.05) is 18.2 Å². The van der Waals surface area contributed by atoms with Crippen molar-refractivity contribution in [2.24, 2.45) is 11.1 Å². The Morgan fingerprint density at radius 3 is 2.77 bits per heavy atom. The third-order valence-corrected chi connectivity index (χ3v) is 6.52. The summed E-state index contributed by atoms with van der Waals surface area (Å²) in [5, 5.41) is 33.4. The molecule has 0 spiro atoms. The van der Waals surface area contributed by atoms with Crippen LogP contribution in [0.15, 0.2) is 49.1 Å². The number of aliphatic hydroxyl groups is 2. The highest BCUT2D eigenvalue weighted by Crippen LogP contribution is 2.30. The van der Waals surface area contributed by atoms with Gasteiger partial charge in [0.25, 0.3) is 0 Å². The van der Waals surface area contributed by atoms with E-state index in [2.05, 4.69) is 24.6 Å². The lowest BCUT2D eigenvalue weighted by Crippen LogP contribution is -2.36. The van der Waals surface area contributed by atoms with E-state index in [1.54, 1.807) is 23.0 Å². The van der Waals surface area contributed by atoms with Gasteiger partial charge in [-0.1, -0.05) is 29.8 Å². The zero-order valence-electron chi connectivity index (χ0n) is 18.2. The number of aliphatic hydroxyl groups excluding tert-OH is 2. The van der Waals surface area contributed by atoms with Gasteiger partial charge in [0.05, 0.1) is 30.9 Å². The predicted octanol–water partition coefficient (Wildman–Crippen LogP) is 0.348. The molecule has 4 atom stereocenters. The van der Waals surface area contributed by atoms with Gasteiger partial charge in [-0.3, -0.25) is 13.7 Å². The molecule has 0 bridgehead atoms. The number of hydrogen-bond donors (Lipinski definition) is 4. The van der Waals surface area contributed by atoms with Crippen LogP contribution in [0, 0.1) is 5.92 Å². The summed E-state index contributed by atoms with van der Waals surface area (Å²) in [6.45, 7) is -0.0227. The second-order valence-corrected chi connectivity index (χ2v) is 9.74. The summed E-state index contributed by atoms with van der Waals surface area (Å²) in [7, 11) is -4.19. The summed E-state index contributed by atoms with van der Waals surface area (Å²) in [5.74, 6) is -1.02. The number of nitrogens with one attached hydrogen (secondary N) is 1. The van der Waals surface area contributed by atoms with Crippen LogP contribution in [-0.4, -0.2) is 69.0 Å². The second kappa shape index (κ2) is 10.4. The SMILES string of the molecule is NS(=O)(=O)OC[C@H]1CC(Nc2ncncc2C(=O)c2ccn(Cc3ccccc3Cl)n2)[C@H](O)[C@@H]1O. The summed E-state index contributed by atoms with van der Waals surface area (Å²) >= 11 is 6.20. The van der Waals surface area contributed by atoms with Crippen molar-refractivity contribution < 1.29 is 27.6 Å². The summed E-state index contributed by atoms with van der Waals surface area (Å²) < 4.78 is 28.2. The molecule has 3 aromatic rings. The maximum atomic E-state index is 13.2. The minimum atomic E-state index is -4.19. The third-order valence-electron chi connectivity index (χ3n) is 5.69. The Kier molecular flexibility index (Phi) is 7.44. The molecule has 1 aliphatic carbocycles. The molecule has 2 heterocycles. The summed E-state index contributed by atoms with van der Waals surface area (Å²) in [6, 6.07) is 8.13. The van der Waals surface area contributed by atoms with E-state index in [-0.39, 0.29) is 23.5 Å². The van der Waals surface area contributed by atoms with E-state index in [1.165, 1.54) is 12.5 Å². The maximum Gasteiger partial charge on any atom is 0.333 e. The number of rotatable bonds is 9. The molecule has 2 aromatic heterocycles. The first-order chi connectivity index (χ1) is 16.6. The molecule has 1 saturated carbocycles. The minimum absolute atomic E-state index is 0.112. The summed E-state index contributed by atoms with van der Waals surface area (Å²) in [6.07, 6.45) is 1.81. The molecule has 186 valence electrons. The first-order valence-electron chi connectivity index (χ1n) is 10.5. The van der Waals surface area contributed by atoms with Crippen LogP contribution in [0.3, 0.4) is 0 Å². The van der Waals surface area contributed by atoms with Gasteiger partial charge in [-0.05, 0) is 24.1 Å². The number of benzene rings is 1. The minimum Gasteiger partial charge on any atom is -0.390 e. The van der Waals surface area contributed by atoms with E-state index in [0.29, 0.717) is 11.6 Å². The number of aromatic nitrogens is 4. The maximum absolute atomic E-state index is 13.2. The first kappa shape index (κ1) is 25.2. The molecule has 0 saturated heterocycles. The average molecular weight is 523 g/mol. The van der Waals surface area contributed by atoms with E-state index in [4.69, 9.17) is 16.7 Å². The van der Waals surface area contributed by atoms with Gasteiger partial charge >= 0.3 is 10.3 Å². The van der Waals surface area contributed by atoms with Gasteiger partial charge in [0.2, 0.25) is 5.78 Å². The molecule has 1 unspecified atom stereocenters. The molecule has 0 amide bonds. The second-order valence-electron chi connectivity index (χ2n) is 8.11. The lowest BCUT2D eigenvalue weighted by atomic mass is 10.1. The Labute approximate surface area is 206 Å². The van der Waals surface area contributed by atoms with Crippen molar-refractivity contribution in [3.8, 4) is 0 Å². The van der Waals surface area contributed by atoms with Crippen LogP contribution < -0.4 is 10.5 Å². The van der Waals surface area contributed by atoms with Crippen LogP contribution in [0.4, 0.5) is 5.82 Å². The molecule has 5 N–H and O–H groups in total. The Balaban J connectivity index is 1.48. The highest BCUT2D eigenvalue weighted by Gasteiger charge is 2.42. The monoisotopic (exact) mass is 522 g/mol. The zero-order valence-corrected chi connectivity index (χ0v) is 19.8. The summed E-state index contributed by atoms with van der Waals surface area (Å²) in [5.41, 5.74) is 1.11. The van der Waals surface area contributed by atoms with Crippen LogP contribution in [0.2, 0.25) is 5.02 Å². The van der Waals surface area contributed by atoms with E-state index >= 15 is 0 Å². The van der Waals surface area contributed by atoms with Crippen LogP contribution >= 0.6 is 11.6 Å². The number of carbonyl (C=O) groups is 1. The average Bonchev–Trinajstić information content (AvgIpc) is 3.39. The normalized spacial score (nSPS) is 22.3. The Hall–Kier alpha value is -2.94. The Morgan fingerprint density at radius 2 is 2.03 bits per heavy atom. The molecule has 0 aliphatic heterocycles. The van der Waals surface area contributed by atoms with E-state index < -0.39 is 46.9 Å². The van der Waals surface area contributed by atoms with Gasteiger partial charge in [-0.15, -0.1) is 0 Å². The predicted molar refractivity (Wildman–Crippen MR) is 125 cm³/mol. The summed E-state index contributed by atoms with van der Waals surface area (Å²) in [4.78, 5) is 21.2. The molecule has 1 aliphatic rings. The molecule has 1 aromatic carbocycles. The topological polar surface area (TPSA) is 183 Å². The van der Waals surface area contributed by atoms with Gasteiger partial charge < -0.3 is 15.5 Å². The highest BCUT2D eigenvalue weighted by molar-refractivity contribution is 7.84. The van der Waals surface area contributed by atoms with Crippen molar-refractivity contribution in [2.75, 3.05) is 11.9 Å². The number of hydrogen-bond acceptors (Lipinski definition) is 10. The first-order valence-corrected chi connectivity index (χ1v) is 12.4. The molecular formula is C21H23ClN6O6S. The van der Waals surface area contributed by atoms with E-state index in [0.717, 1.165) is 5.56 Å². The molecule has 14 heteroatoms. The van der Waals surface area contributed by atoms with E-state index in [9.17, 15) is 23.4 Å². The fourth-order valence-electron chi connectivity index (χ4n) is 3.91. The van der Waals surface area contributed by atoms with Crippen molar-refractivity contribution in [3.63, 3.8) is 0 Å². The number of carbonyl (C=O) groups excluding carboxylic acids is 1. The highest BCUT2D eigenvalue weighted by atomic mass is 35.5. The van der Waals surface area contributed by atoms with Gasteiger partial charge in [0.1, 0.15) is 23.9 Å². The molecular weight excluding hydrogens is 500 g/mol. The molecule has 1 fully saturated rings. The largest absolute Gasteiger partial charge is 0.390 e. The number of nitrogens with zero attached hydrogens (tertiary/aromatic N) is 4. The standard InChI is InChI=1S/C21H23ClN6O6S/c22-15-4-2-1-3-12(15)9-28-6-5-16(27-28)19(30)14-8-24-11-25-21(14)26-17-7-13(18(29)20(17)31)10-34-35(23,32)33/h1-6,8,11,13,17-18,20,29,31H,7,9-10H2,(H2,23,32,33)(H,24,25,26)/t13-,17?,18-,20+/m1/s1. The molecule has 0 radical (unpaired) electrons. The van der Waals surface area contributed by atoms with Gasteiger partial charge in [-0.25, -0.2) is 15.1 Å².